The van der Waals surface area contributed by atoms with Crippen LogP contribution < -0.4 is 4.31 Å². The molecule has 1 amide bonds. The Morgan fingerprint density at radius 2 is 1.70 bits per heavy atom. The molecule has 2 aliphatic rings. The molecule has 1 atom stereocenters. The Kier molecular flexibility index (Phi) is 8.03. The number of hydrogen-bond donors (Lipinski definition) is 1. The summed E-state index contributed by atoms with van der Waals surface area (Å²) >= 11 is 1.62. The van der Waals surface area contributed by atoms with Gasteiger partial charge in [-0.1, -0.05) is 78.2 Å². The molecule has 6 rings (SSSR count). The molecule has 0 radical (unpaired) electrons. The number of carboxylic acids is 1. The minimum Gasteiger partial charge on any atom is -0.481 e. The molecule has 0 unspecified atom stereocenters. The van der Waals surface area contributed by atoms with Crippen molar-refractivity contribution in [2.24, 2.45) is 0 Å². The molecule has 6 nitrogen and oxygen atoms in total. The van der Waals surface area contributed by atoms with Crippen molar-refractivity contribution in [3.63, 3.8) is 0 Å². The van der Waals surface area contributed by atoms with E-state index in [4.69, 9.17) is 4.74 Å². The van der Waals surface area contributed by atoms with Gasteiger partial charge in [-0.05, 0) is 77.4 Å². The van der Waals surface area contributed by atoms with Gasteiger partial charge in [0.05, 0.1) is 37.9 Å². The van der Waals surface area contributed by atoms with Crippen molar-refractivity contribution >= 4 is 29.5 Å². The number of morpholine rings is 1. The maximum absolute atomic E-state index is 14.0. The normalized spacial score (nSPS) is 16.0. The highest BCUT2D eigenvalue weighted by Crippen LogP contribution is 2.50. The van der Waals surface area contributed by atoms with Gasteiger partial charge in [-0.15, -0.1) is 0 Å². The summed E-state index contributed by atoms with van der Waals surface area (Å²) in [5.41, 5.74) is 12.1. The first-order valence-corrected chi connectivity index (χ1v) is 15.8. The van der Waals surface area contributed by atoms with Gasteiger partial charge in [0.2, 0.25) is 0 Å². The van der Waals surface area contributed by atoms with Crippen LogP contribution in [0.15, 0.2) is 72.8 Å². The molecule has 0 bridgehead atoms. The lowest BCUT2D eigenvalue weighted by Crippen LogP contribution is -2.43. The van der Waals surface area contributed by atoms with Crippen LogP contribution in [-0.2, 0) is 22.5 Å². The molecular weight excluding hydrogens is 556 g/mol. The third kappa shape index (κ3) is 5.32. The number of rotatable bonds is 6. The zero-order valence-corrected chi connectivity index (χ0v) is 25.8. The fourth-order valence-corrected chi connectivity index (χ4v) is 7.31. The number of benzene rings is 4. The standard InChI is InChI=1S/C36H36N2O4S/c1-22-10-12-26(13-11-22)33-24(3)34-29-15-14-27(36(41)37-16-17-42-21-31(37)25-8-6-5-7-9-25)18-28(29)20-38(43-4)35(34)23(2)30(33)19-32(39)40/h5-15,18,31H,16-17,19-21H2,1-4H3,(H,39,40)/t31-/m1/s1. The highest BCUT2D eigenvalue weighted by atomic mass is 32.2. The SMILES string of the molecule is CSN1Cc2cc(C(=O)N3CCOC[C@@H]3c3ccccc3)ccc2-c2c(C)c(-c3ccc(C)cc3)c(CC(=O)O)c(C)c21. The largest absolute Gasteiger partial charge is 0.481 e. The number of ether oxygens (including phenoxy) is 1. The maximum Gasteiger partial charge on any atom is 0.307 e. The van der Waals surface area contributed by atoms with Gasteiger partial charge < -0.3 is 19.0 Å². The van der Waals surface area contributed by atoms with Gasteiger partial charge >= 0.3 is 5.97 Å². The number of hydrogen-bond acceptors (Lipinski definition) is 5. The quantitative estimate of drug-likeness (QED) is 0.236. The van der Waals surface area contributed by atoms with Crippen molar-refractivity contribution in [2.75, 3.05) is 30.3 Å². The van der Waals surface area contributed by atoms with E-state index in [1.807, 2.05) is 48.4 Å². The summed E-state index contributed by atoms with van der Waals surface area (Å²) in [6.07, 6.45) is 2.00. The Morgan fingerprint density at radius 3 is 2.40 bits per heavy atom. The minimum absolute atomic E-state index is 0.00602. The average molecular weight is 593 g/mol. The van der Waals surface area contributed by atoms with Gasteiger partial charge in [0, 0.05) is 23.9 Å². The summed E-state index contributed by atoms with van der Waals surface area (Å²) in [6, 6.07) is 24.3. The summed E-state index contributed by atoms with van der Waals surface area (Å²) in [6.45, 7) is 8.36. The molecule has 7 heteroatoms. The predicted octanol–water partition coefficient (Wildman–Crippen LogP) is 7.38. The Morgan fingerprint density at radius 1 is 0.953 bits per heavy atom. The second-order valence-corrected chi connectivity index (χ2v) is 12.2. The van der Waals surface area contributed by atoms with Crippen molar-refractivity contribution in [3.05, 3.63) is 112 Å². The van der Waals surface area contributed by atoms with E-state index >= 15 is 0 Å². The molecule has 0 aliphatic carbocycles. The Hall–Kier alpha value is -4.07. The third-order valence-electron chi connectivity index (χ3n) is 8.74. The van der Waals surface area contributed by atoms with Gasteiger partial charge in [0.25, 0.3) is 5.91 Å². The first kappa shape index (κ1) is 29.0. The van der Waals surface area contributed by atoms with Crippen LogP contribution >= 0.6 is 11.9 Å². The van der Waals surface area contributed by atoms with E-state index in [2.05, 4.69) is 60.6 Å². The number of carbonyl (C=O) groups excluding carboxylic acids is 1. The fraction of sp³-hybridized carbons (Fsp3) is 0.278. The van der Waals surface area contributed by atoms with Crippen molar-refractivity contribution < 1.29 is 19.4 Å². The van der Waals surface area contributed by atoms with Crippen LogP contribution in [-0.4, -0.2) is 47.9 Å². The summed E-state index contributed by atoms with van der Waals surface area (Å²) < 4.78 is 8.02. The van der Waals surface area contributed by atoms with Crippen molar-refractivity contribution in [3.8, 4) is 22.3 Å². The predicted molar refractivity (Wildman–Crippen MR) is 174 cm³/mol. The highest BCUT2D eigenvalue weighted by molar-refractivity contribution is 7.99. The molecular formula is C36H36N2O4S. The molecule has 2 aliphatic heterocycles. The second-order valence-electron chi connectivity index (χ2n) is 11.4. The summed E-state index contributed by atoms with van der Waals surface area (Å²) in [7, 11) is 0. The topological polar surface area (TPSA) is 70.1 Å². The van der Waals surface area contributed by atoms with Crippen molar-refractivity contribution in [1.82, 2.24) is 4.90 Å². The second kappa shape index (κ2) is 11.9. The first-order chi connectivity index (χ1) is 20.8. The molecule has 4 aromatic carbocycles. The molecule has 0 aromatic heterocycles. The van der Waals surface area contributed by atoms with E-state index in [1.54, 1.807) is 11.9 Å². The fourth-order valence-electron chi connectivity index (χ4n) is 6.63. The molecule has 43 heavy (non-hydrogen) atoms. The smallest absolute Gasteiger partial charge is 0.307 e. The monoisotopic (exact) mass is 592 g/mol. The van der Waals surface area contributed by atoms with Gasteiger partial charge in [0.1, 0.15) is 0 Å². The van der Waals surface area contributed by atoms with E-state index in [0.29, 0.717) is 31.9 Å². The van der Waals surface area contributed by atoms with Crippen LogP contribution in [0.2, 0.25) is 0 Å². The molecule has 220 valence electrons. The number of aliphatic carboxylic acids is 1. The summed E-state index contributed by atoms with van der Waals surface area (Å²) in [5.74, 6) is -0.839. The number of fused-ring (bicyclic) bond motifs is 3. The van der Waals surface area contributed by atoms with Crippen LogP contribution in [0.4, 0.5) is 5.69 Å². The van der Waals surface area contributed by atoms with E-state index in [0.717, 1.165) is 61.3 Å². The number of amides is 1. The van der Waals surface area contributed by atoms with Gasteiger partial charge in [0.15, 0.2) is 0 Å². The van der Waals surface area contributed by atoms with E-state index < -0.39 is 5.97 Å². The zero-order valence-electron chi connectivity index (χ0n) is 25.0. The molecule has 0 saturated carbocycles. The number of nitrogens with zero attached hydrogens (tertiary/aromatic N) is 2. The molecule has 0 spiro atoms. The lowest BCUT2D eigenvalue weighted by molar-refractivity contribution is -0.136. The zero-order chi connectivity index (χ0) is 30.2. The van der Waals surface area contributed by atoms with Crippen LogP contribution in [0, 0.1) is 20.8 Å². The molecule has 1 N–H and O–H groups in total. The minimum atomic E-state index is -0.845. The van der Waals surface area contributed by atoms with E-state index in [1.165, 1.54) is 0 Å². The first-order valence-electron chi connectivity index (χ1n) is 14.6. The van der Waals surface area contributed by atoms with Gasteiger partial charge in [-0.3, -0.25) is 9.59 Å². The molecule has 2 heterocycles. The van der Waals surface area contributed by atoms with Crippen LogP contribution in [0.25, 0.3) is 22.3 Å². The van der Waals surface area contributed by atoms with Crippen LogP contribution in [0.3, 0.4) is 0 Å². The number of aryl methyl sites for hydroxylation is 1. The molecule has 1 saturated heterocycles. The Labute approximate surface area is 257 Å². The van der Waals surface area contributed by atoms with Gasteiger partial charge in [-0.25, -0.2) is 0 Å². The van der Waals surface area contributed by atoms with Crippen molar-refractivity contribution in [1.29, 1.82) is 0 Å². The molecule has 1 fully saturated rings. The molecule has 4 aromatic rings. The number of carboxylic acid groups (broad SMARTS) is 1. The number of anilines is 1. The van der Waals surface area contributed by atoms with Crippen LogP contribution in [0.5, 0.6) is 0 Å². The van der Waals surface area contributed by atoms with E-state index in [9.17, 15) is 14.7 Å². The Balaban J connectivity index is 1.48. The highest BCUT2D eigenvalue weighted by Gasteiger charge is 2.33. The average Bonchev–Trinajstić information content (AvgIpc) is 3.03. The van der Waals surface area contributed by atoms with Crippen molar-refractivity contribution in [2.45, 2.75) is 39.8 Å². The lowest BCUT2D eigenvalue weighted by Gasteiger charge is -2.37. The number of carbonyl (C=O) groups is 2. The Bertz CT molecular complexity index is 1700. The summed E-state index contributed by atoms with van der Waals surface area (Å²) in [5, 5.41) is 9.90. The third-order valence-corrected chi connectivity index (χ3v) is 9.50. The maximum atomic E-state index is 14.0. The lowest BCUT2D eigenvalue weighted by atomic mass is 9.80. The van der Waals surface area contributed by atoms with Gasteiger partial charge in [-0.2, -0.15) is 0 Å². The van der Waals surface area contributed by atoms with Crippen LogP contribution in [0.1, 0.15) is 49.8 Å². The van der Waals surface area contributed by atoms with E-state index in [-0.39, 0.29) is 18.4 Å². The summed E-state index contributed by atoms with van der Waals surface area (Å²) in [4.78, 5) is 28.0.